The van der Waals surface area contributed by atoms with Crippen LogP contribution in [0.1, 0.15) is 29.2 Å². The third-order valence-electron chi connectivity index (χ3n) is 2.60. The lowest BCUT2D eigenvalue weighted by Crippen LogP contribution is -2.10. The van der Waals surface area contributed by atoms with Crippen molar-refractivity contribution in [2.45, 2.75) is 40.2 Å². The van der Waals surface area contributed by atoms with Gasteiger partial charge in [-0.3, -0.25) is 0 Å². The first-order valence-electron chi connectivity index (χ1n) is 5.49. The number of nitrogens with two attached hydrogens (primary N) is 1. The van der Waals surface area contributed by atoms with E-state index >= 15 is 0 Å². The van der Waals surface area contributed by atoms with Gasteiger partial charge in [0.15, 0.2) is 0 Å². The highest BCUT2D eigenvalue weighted by molar-refractivity contribution is 5.38. The fraction of sp³-hybridized carbons (Fsp3) is 0.429. The average molecular weight is 203 g/mol. The van der Waals surface area contributed by atoms with Gasteiger partial charge in [0, 0.05) is 6.04 Å². The highest BCUT2D eigenvalue weighted by Gasteiger charge is 2.01. The Balaban J connectivity index is 2.86. The fourth-order valence-electron chi connectivity index (χ4n) is 1.93. The van der Waals surface area contributed by atoms with Crippen LogP contribution in [0.5, 0.6) is 0 Å². The zero-order chi connectivity index (χ0) is 11.4. The summed E-state index contributed by atoms with van der Waals surface area (Å²) >= 11 is 0. The van der Waals surface area contributed by atoms with Crippen molar-refractivity contribution in [3.8, 4) is 0 Å². The molecule has 0 fully saturated rings. The molecule has 15 heavy (non-hydrogen) atoms. The van der Waals surface area contributed by atoms with Crippen molar-refractivity contribution >= 4 is 0 Å². The van der Waals surface area contributed by atoms with Crippen molar-refractivity contribution in [1.29, 1.82) is 0 Å². The first-order chi connectivity index (χ1) is 7.00. The molecule has 0 aliphatic rings. The minimum atomic E-state index is 0.149. The first-order valence-corrected chi connectivity index (χ1v) is 5.49. The number of aryl methyl sites for hydroxylation is 3. The van der Waals surface area contributed by atoms with Crippen molar-refractivity contribution in [3.05, 3.63) is 46.5 Å². The second kappa shape index (κ2) is 5.13. The van der Waals surface area contributed by atoms with Gasteiger partial charge in [0.05, 0.1) is 0 Å². The lowest BCUT2D eigenvalue weighted by Gasteiger charge is -2.09. The van der Waals surface area contributed by atoms with E-state index in [0.717, 1.165) is 6.42 Å². The molecule has 0 bridgehead atoms. The average Bonchev–Trinajstić information content (AvgIpc) is 2.08. The Morgan fingerprint density at radius 3 is 2.20 bits per heavy atom. The summed E-state index contributed by atoms with van der Waals surface area (Å²) in [6, 6.07) is 4.63. The molecule has 1 aromatic carbocycles. The molecule has 1 heteroatoms. The van der Waals surface area contributed by atoms with Crippen LogP contribution in [-0.4, -0.2) is 6.04 Å². The third kappa shape index (κ3) is 3.52. The van der Waals surface area contributed by atoms with Crippen molar-refractivity contribution < 1.29 is 0 Å². The predicted octanol–water partition coefficient (Wildman–Crippen LogP) is 3.06. The van der Waals surface area contributed by atoms with Crippen LogP contribution in [0.2, 0.25) is 0 Å². The van der Waals surface area contributed by atoms with Crippen LogP contribution in [0.25, 0.3) is 0 Å². The number of rotatable bonds is 3. The van der Waals surface area contributed by atoms with Crippen LogP contribution in [0.4, 0.5) is 0 Å². The van der Waals surface area contributed by atoms with Gasteiger partial charge in [0.2, 0.25) is 0 Å². The number of benzene rings is 1. The summed E-state index contributed by atoms with van der Waals surface area (Å²) in [7, 11) is 0. The normalized spacial score (nSPS) is 13.4. The molecule has 0 aromatic heterocycles. The fourth-order valence-corrected chi connectivity index (χ4v) is 1.93. The van der Waals surface area contributed by atoms with Crippen LogP contribution in [-0.2, 0) is 6.42 Å². The minimum absolute atomic E-state index is 0.149. The summed E-state index contributed by atoms with van der Waals surface area (Å²) in [6.45, 7) is 8.48. The molecule has 0 aliphatic carbocycles. The lowest BCUT2D eigenvalue weighted by atomic mass is 9.97. The maximum atomic E-state index is 5.67. The largest absolute Gasteiger partial charge is 0.325 e. The Labute approximate surface area is 93.0 Å². The minimum Gasteiger partial charge on any atom is -0.325 e. The molecule has 1 atom stereocenters. The van der Waals surface area contributed by atoms with E-state index in [4.69, 9.17) is 5.73 Å². The van der Waals surface area contributed by atoms with Gasteiger partial charge < -0.3 is 5.73 Å². The number of allylic oxidation sites excluding steroid dienone is 1. The second-order valence-electron chi connectivity index (χ2n) is 4.37. The van der Waals surface area contributed by atoms with Crippen LogP contribution in [0.3, 0.4) is 0 Å². The van der Waals surface area contributed by atoms with Gasteiger partial charge in [-0.2, -0.15) is 0 Å². The number of hydrogen-bond donors (Lipinski definition) is 1. The van der Waals surface area contributed by atoms with E-state index < -0.39 is 0 Å². The highest BCUT2D eigenvalue weighted by atomic mass is 14.6. The summed E-state index contributed by atoms with van der Waals surface area (Å²) in [4.78, 5) is 0. The van der Waals surface area contributed by atoms with Gasteiger partial charge in [-0.1, -0.05) is 29.8 Å². The SMILES string of the molecule is Cc1cc(C)c(C/C=C/C(C)N)c(C)c1. The Kier molecular flexibility index (Phi) is 4.10. The summed E-state index contributed by atoms with van der Waals surface area (Å²) in [5.74, 6) is 0. The Morgan fingerprint density at radius 2 is 1.73 bits per heavy atom. The van der Waals surface area contributed by atoms with Crippen LogP contribution in [0.15, 0.2) is 24.3 Å². The second-order valence-corrected chi connectivity index (χ2v) is 4.37. The zero-order valence-corrected chi connectivity index (χ0v) is 10.2. The van der Waals surface area contributed by atoms with E-state index in [1.165, 1.54) is 22.3 Å². The van der Waals surface area contributed by atoms with Crippen LogP contribution in [0, 0.1) is 20.8 Å². The highest BCUT2D eigenvalue weighted by Crippen LogP contribution is 2.17. The van der Waals surface area contributed by atoms with Gasteiger partial charge >= 0.3 is 0 Å². The van der Waals surface area contributed by atoms with E-state index in [9.17, 15) is 0 Å². The van der Waals surface area contributed by atoms with Crippen molar-refractivity contribution in [3.63, 3.8) is 0 Å². The predicted molar refractivity (Wildman–Crippen MR) is 67.1 cm³/mol. The van der Waals surface area contributed by atoms with E-state index in [1.807, 2.05) is 6.92 Å². The summed E-state index contributed by atoms with van der Waals surface area (Å²) in [5.41, 5.74) is 11.2. The molecule has 0 heterocycles. The Morgan fingerprint density at radius 1 is 1.20 bits per heavy atom. The van der Waals surface area contributed by atoms with Gasteiger partial charge in [-0.25, -0.2) is 0 Å². The monoisotopic (exact) mass is 203 g/mol. The lowest BCUT2D eigenvalue weighted by molar-refractivity contribution is 0.919. The molecule has 0 saturated heterocycles. The van der Waals surface area contributed by atoms with E-state index in [0.29, 0.717) is 0 Å². The molecule has 1 rings (SSSR count). The third-order valence-corrected chi connectivity index (χ3v) is 2.60. The van der Waals surface area contributed by atoms with Crippen molar-refractivity contribution in [1.82, 2.24) is 0 Å². The van der Waals surface area contributed by atoms with Crippen molar-refractivity contribution in [2.75, 3.05) is 0 Å². The molecule has 0 radical (unpaired) electrons. The van der Waals surface area contributed by atoms with Gasteiger partial charge in [-0.15, -0.1) is 0 Å². The van der Waals surface area contributed by atoms with Crippen LogP contribution < -0.4 is 5.73 Å². The molecule has 0 saturated carbocycles. The topological polar surface area (TPSA) is 26.0 Å². The van der Waals surface area contributed by atoms with E-state index in [1.54, 1.807) is 0 Å². The molecule has 0 spiro atoms. The maximum Gasteiger partial charge on any atom is 0.0194 e. The molecule has 1 unspecified atom stereocenters. The Bertz CT molecular complexity index is 339. The standard InChI is InChI=1S/C14H21N/c1-10-8-11(2)14(12(3)9-10)7-5-6-13(4)15/h5-6,8-9,13H,7,15H2,1-4H3/b6-5+. The summed E-state index contributed by atoms with van der Waals surface area (Å²) in [6.07, 6.45) is 5.20. The molecular weight excluding hydrogens is 182 g/mol. The molecular formula is C14H21N. The van der Waals surface area contributed by atoms with E-state index in [-0.39, 0.29) is 6.04 Å². The summed E-state index contributed by atoms with van der Waals surface area (Å²) < 4.78 is 0. The van der Waals surface area contributed by atoms with Gasteiger partial charge in [-0.05, 0) is 50.8 Å². The molecule has 82 valence electrons. The molecule has 2 N–H and O–H groups in total. The number of hydrogen-bond acceptors (Lipinski definition) is 1. The quantitative estimate of drug-likeness (QED) is 0.751. The van der Waals surface area contributed by atoms with Gasteiger partial charge in [0.25, 0.3) is 0 Å². The Hall–Kier alpha value is -1.08. The first kappa shape index (κ1) is 12.0. The summed E-state index contributed by atoms with van der Waals surface area (Å²) in [5, 5.41) is 0. The van der Waals surface area contributed by atoms with Gasteiger partial charge in [0.1, 0.15) is 0 Å². The molecule has 1 aromatic rings. The zero-order valence-electron chi connectivity index (χ0n) is 10.2. The molecule has 0 aliphatic heterocycles. The maximum absolute atomic E-state index is 5.67. The smallest absolute Gasteiger partial charge is 0.0194 e. The van der Waals surface area contributed by atoms with E-state index in [2.05, 4.69) is 45.1 Å². The molecule has 0 amide bonds. The van der Waals surface area contributed by atoms with Crippen molar-refractivity contribution in [2.24, 2.45) is 5.73 Å². The van der Waals surface area contributed by atoms with Crippen LogP contribution >= 0.6 is 0 Å². The molecule has 1 nitrogen and oxygen atoms in total.